The Labute approximate surface area is 172 Å². The lowest BCUT2D eigenvalue weighted by molar-refractivity contribution is 0.0951. The largest absolute Gasteiger partial charge is 0.352 e. The van der Waals surface area contributed by atoms with E-state index in [0.29, 0.717) is 35.9 Å². The maximum absolute atomic E-state index is 12.7. The predicted molar refractivity (Wildman–Crippen MR) is 110 cm³/mol. The van der Waals surface area contributed by atoms with Crippen LogP contribution >= 0.6 is 15.9 Å². The van der Waals surface area contributed by atoms with Crippen molar-refractivity contribution in [2.45, 2.75) is 46.5 Å². The fourth-order valence-corrected chi connectivity index (χ4v) is 3.20. The van der Waals surface area contributed by atoms with Gasteiger partial charge in [-0.25, -0.2) is 4.68 Å². The summed E-state index contributed by atoms with van der Waals surface area (Å²) in [5.74, 6) is 1.44. The first kappa shape index (κ1) is 20.3. The molecule has 0 radical (unpaired) electrons. The standard InChI is InChI=1S/C20H24BrN5O2/c1-12(2)19-23-17(28-25-19)6-5-11-22-20(27)18-13(3)24-26(14(18)4)16-9-7-15(21)8-10-16/h7-10,12H,5-6,11H2,1-4H3,(H,22,27). The van der Waals surface area contributed by atoms with E-state index in [4.69, 9.17) is 4.52 Å². The second kappa shape index (κ2) is 8.68. The summed E-state index contributed by atoms with van der Waals surface area (Å²) in [6, 6.07) is 7.82. The summed E-state index contributed by atoms with van der Waals surface area (Å²) in [6.07, 6.45) is 1.36. The van der Waals surface area contributed by atoms with Crippen molar-refractivity contribution >= 4 is 21.8 Å². The van der Waals surface area contributed by atoms with Gasteiger partial charge in [0.25, 0.3) is 5.91 Å². The van der Waals surface area contributed by atoms with Crippen molar-refractivity contribution in [3.63, 3.8) is 0 Å². The first-order valence-corrected chi connectivity index (χ1v) is 10.1. The average Bonchev–Trinajstić information content (AvgIpc) is 3.24. The summed E-state index contributed by atoms with van der Waals surface area (Å²) in [6.45, 7) is 8.33. The highest BCUT2D eigenvalue weighted by Gasteiger charge is 2.19. The molecule has 1 aromatic carbocycles. The average molecular weight is 446 g/mol. The lowest BCUT2D eigenvalue weighted by Crippen LogP contribution is -2.26. The molecule has 0 fully saturated rings. The van der Waals surface area contributed by atoms with Gasteiger partial charge in [-0.2, -0.15) is 10.1 Å². The van der Waals surface area contributed by atoms with Crippen LogP contribution in [0.15, 0.2) is 33.3 Å². The summed E-state index contributed by atoms with van der Waals surface area (Å²) >= 11 is 3.43. The van der Waals surface area contributed by atoms with E-state index >= 15 is 0 Å². The van der Waals surface area contributed by atoms with Gasteiger partial charge in [-0.3, -0.25) is 4.79 Å². The summed E-state index contributed by atoms with van der Waals surface area (Å²) in [5.41, 5.74) is 3.05. The molecule has 0 saturated carbocycles. The maximum Gasteiger partial charge on any atom is 0.255 e. The Morgan fingerprint density at radius 1 is 1.25 bits per heavy atom. The Morgan fingerprint density at radius 2 is 1.96 bits per heavy atom. The number of amides is 1. The van der Waals surface area contributed by atoms with Crippen LogP contribution < -0.4 is 5.32 Å². The second-order valence-corrected chi connectivity index (χ2v) is 7.91. The van der Waals surface area contributed by atoms with Crippen molar-refractivity contribution in [2.24, 2.45) is 0 Å². The predicted octanol–water partition coefficient (Wildman–Crippen LogP) is 4.12. The zero-order chi connectivity index (χ0) is 20.3. The van der Waals surface area contributed by atoms with Crippen LogP contribution in [-0.2, 0) is 6.42 Å². The minimum Gasteiger partial charge on any atom is -0.352 e. The van der Waals surface area contributed by atoms with Crippen LogP contribution in [0.1, 0.15) is 59.6 Å². The van der Waals surface area contributed by atoms with E-state index in [1.165, 1.54) is 0 Å². The topological polar surface area (TPSA) is 85.8 Å². The van der Waals surface area contributed by atoms with Gasteiger partial charge in [0.05, 0.1) is 22.6 Å². The molecule has 0 atom stereocenters. The number of halogens is 1. The lowest BCUT2D eigenvalue weighted by atomic mass is 10.1. The van der Waals surface area contributed by atoms with Gasteiger partial charge < -0.3 is 9.84 Å². The third-order valence-electron chi connectivity index (χ3n) is 4.44. The van der Waals surface area contributed by atoms with Crippen molar-refractivity contribution in [1.82, 2.24) is 25.2 Å². The highest BCUT2D eigenvalue weighted by molar-refractivity contribution is 9.10. The van der Waals surface area contributed by atoms with Crippen molar-refractivity contribution in [3.8, 4) is 5.69 Å². The van der Waals surface area contributed by atoms with Gasteiger partial charge in [0.1, 0.15) is 0 Å². The molecule has 28 heavy (non-hydrogen) atoms. The normalized spacial score (nSPS) is 11.2. The Bertz CT molecular complexity index is 960. The number of aromatic nitrogens is 4. The van der Waals surface area contributed by atoms with E-state index in [9.17, 15) is 4.79 Å². The third kappa shape index (κ3) is 4.49. The van der Waals surface area contributed by atoms with Crippen LogP contribution in [0, 0.1) is 13.8 Å². The van der Waals surface area contributed by atoms with Gasteiger partial charge in [-0.05, 0) is 44.5 Å². The van der Waals surface area contributed by atoms with Gasteiger partial charge in [0, 0.05) is 23.4 Å². The first-order chi connectivity index (χ1) is 13.4. The lowest BCUT2D eigenvalue weighted by Gasteiger charge is -2.06. The molecule has 8 heteroatoms. The second-order valence-electron chi connectivity index (χ2n) is 6.99. The smallest absolute Gasteiger partial charge is 0.255 e. The number of carbonyl (C=O) groups excluding carboxylic acids is 1. The molecular weight excluding hydrogens is 422 g/mol. The van der Waals surface area contributed by atoms with Gasteiger partial charge in [-0.1, -0.05) is 34.9 Å². The molecule has 1 N–H and O–H groups in total. The third-order valence-corrected chi connectivity index (χ3v) is 4.97. The summed E-state index contributed by atoms with van der Waals surface area (Å²) in [5, 5.41) is 11.4. The van der Waals surface area contributed by atoms with Crippen LogP contribution in [-0.4, -0.2) is 32.4 Å². The monoisotopic (exact) mass is 445 g/mol. The highest BCUT2D eigenvalue weighted by atomic mass is 79.9. The van der Waals surface area contributed by atoms with Crippen LogP contribution in [0.3, 0.4) is 0 Å². The molecule has 7 nitrogen and oxygen atoms in total. The fraction of sp³-hybridized carbons (Fsp3) is 0.400. The number of rotatable bonds is 7. The molecule has 0 saturated heterocycles. The van der Waals surface area contributed by atoms with Crippen molar-refractivity contribution in [2.75, 3.05) is 6.54 Å². The van der Waals surface area contributed by atoms with Crippen molar-refractivity contribution < 1.29 is 9.32 Å². The molecule has 0 aliphatic rings. The molecule has 0 unspecified atom stereocenters. The van der Waals surface area contributed by atoms with Crippen LogP contribution in [0.4, 0.5) is 0 Å². The zero-order valence-electron chi connectivity index (χ0n) is 16.5. The van der Waals surface area contributed by atoms with Gasteiger partial charge >= 0.3 is 0 Å². The Morgan fingerprint density at radius 3 is 2.61 bits per heavy atom. The molecule has 0 aliphatic heterocycles. The first-order valence-electron chi connectivity index (χ1n) is 9.29. The van der Waals surface area contributed by atoms with Gasteiger partial charge in [-0.15, -0.1) is 0 Å². The van der Waals surface area contributed by atoms with Gasteiger partial charge in [0.15, 0.2) is 5.82 Å². The molecule has 0 bridgehead atoms. The zero-order valence-corrected chi connectivity index (χ0v) is 18.1. The number of carbonyl (C=O) groups is 1. The molecule has 2 heterocycles. The number of hydrogen-bond donors (Lipinski definition) is 1. The maximum atomic E-state index is 12.7. The van der Waals surface area contributed by atoms with Crippen molar-refractivity contribution in [1.29, 1.82) is 0 Å². The molecule has 3 aromatic rings. The number of hydrogen-bond acceptors (Lipinski definition) is 5. The van der Waals surface area contributed by atoms with E-state index in [1.807, 2.05) is 52.0 Å². The van der Waals surface area contributed by atoms with Crippen LogP contribution in [0.5, 0.6) is 0 Å². The van der Waals surface area contributed by atoms with Crippen molar-refractivity contribution in [3.05, 3.63) is 57.4 Å². The highest BCUT2D eigenvalue weighted by Crippen LogP contribution is 2.20. The number of nitrogens with zero attached hydrogens (tertiary/aromatic N) is 4. The molecular formula is C20H24BrN5O2. The molecule has 1 amide bonds. The number of aryl methyl sites for hydroxylation is 2. The van der Waals surface area contributed by atoms with E-state index in [1.54, 1.807) is 4.68 Å². The van der Waals surface area contributed by atoms with E-state index in [2.05, 4.69) is 36.5 Å². The Hall–Kier alpha value is -2.48. The number of nitrogens with one attached hydrogen (secondary N) is 1. The van der Waals surface area contributed by atoms with Crippen LogP contribution in [0.25, 0.3) is 5.69 Å². The molecule has 0 aliphatic carbocycles. The summed E-state index contributed by atoms with van der Waals surface area (Å²) < 4.78 is 8.02. The SMILES string of the molecule is Cc1nn(-c2ccc(Br)cc2)c(C)c1C(=O)NCCCc1nc(C(C)C)no1. The molecule has 3 rings (SSSR count). The molecule has 0 spiro atoms. The Balaban J connectivity index is 1.60. The summed E-state index contributed by atoms with van der Waals surface area (Å²) in [4.78, 5) is 17.0. The number of benzene rings is 1. The minimum atomic E-state index is -0.119. The molecule has 2 aromatic heterocycles. The quantitative estimate of drug-likeness (QED) is 0.552. The summed E-state index contributed by atoms with van der Waals surface area (Å²) in [7, 11) is 0. The van der Waals surface area contributed by atoms with E-state index < -0.39 is 0 Å². The van der Waals surface area contributed by atoms with Gasteiger partial charge in [0.2, 0.25) is 5.89 Å². The van der Waals surface area contributed by atoms with E-state index in [-0.39, 0.29) is 11.8 Å². The molecule has 148 valence electrons. The fourth-order valence-electron chi connectivity index (χ4n) is 2.94. The minimum absolute atomic E-state index is 0.119. The van der Waals surface area contributed by atoms with Crippen LogP contribution in [0.2, 0.25) is 0 Å². The Kier molecular flexibility index (Phi) is 6.28. The van der Waals surface area contributed by atoms with E-state index in [0.717, 1.165) is 22.3 Å².